The number of benzene rings is 2. The van der Waals surface area contributed by atoms with Crippen LogP contribution in [0.4, 0.5) is 0 Å². The maximum atomic E-state index is 12.7. The van der Waals surface area contributed by atoms with E-state index in [0.717, 1.165) is 5.56 Å². The molecule has 154 valence electrons. The predicted octanol–water partition coefficient (Wildman–Crippen LogP) is 3.80. The summed E-state index contributed by atoms with van der Waals surface area (Å²) in [5, 5.41) is 2.09. The zero-order valence-electron chi connectivity index (χ0n) is 16.2. The summed E-state index contributed by atoms with van der Waals surface area (Å²) in [5.41, 5.74) is 7.59. The molecule has 0 aliphatic rings. The Morgan fingerprint density at radius 2 is 1.93 bits per heavy atom. The quantitative estimate of drug-likeness (QED) is 0.323. The van der Waals surface area contributed by atoms with E-state index in [9.17, 15) is 14.4 Å². The molecule has 0 aliphatic heterocycles. The predicted molar refractivity (Wildman–Crippen MR) is 119 cm³/mol. The zero-order valence-corrected chi connectivity index (χ0v) is 17.9. The van der Waals surface area contributed by atoms with Crippen LogP contribution in [0.3, 0.4) is 0 Å². The lowest BCUT2D eigenvalue weighted by Crippen LogP contribution is -2.34. The Morgan fingerprint density at radius 1 is 1.17 bits per heavy atom. The van der Waals surface area contributed by atoms with Gasteiger partial charge in [0.15, 0.2) is 5.01 Å². The molecule has 1 atom stereocenters. The minimum atomic E-state index is -0.868. The lowest BCUT2D eigenvalue weighted by Gasteiger charge is -2.13. The summed E-state index contributed by atoms with van der Waals surface area (Å²) in [5.74, 6) is -1.12. The summed E-state index contributed by atoms with van der Waals surface area (Å²) in [6, 6.07) is 12.9. The number of carbonyl (C=O) groups is 3. The molecular weight excluding hydrogens is 420 g/mol. The van der Waals surface area contributed by atoms with Gasteiger partial charge in [0.25, 0.3) is 0 Å². The van der Waals surface area contributed by atoms with Crippen LogP contribution in [-0.2, 0) is 9.53 Å². The van der Waals surface area contributed by atoms with Crippen LogP contribution >= 0.6 is 23.1 Å². The number of ketones is 1. The minimum absolute atomic E-state index is 0.183. The van der Waals surface area contributed by atoms with E-state index < -0.39 is 18.0 Å². The van der Waals surface area contributed by atoms with E-state index in [1.807, 2.05) is 36.6 Å². The average molecular weight is 441 g/mol. The molecule has 2 N–H and O–H groups in total. The fourth-order valence-electron chi connectivity index (χ4n) is 2.76. The van der Waals surface area contributed by atoms with Crippen LogP contribution in [0.5, 0.6) is 0 Å². The van der Waals surface area contributed by atoms with E-state index in [2.05, 4.69) is 4.98 Å². The molecular formula is C22H20N2O4S2. The number of carbonyl (C=O) groups excluding carboxylic acids is 3. The lowest BCUT2D eigenvalue weighted by atomic mass is 9.96. The van der Waals surface area contributed by atoms with Crippen LogP contribution in [-0.4, -0.2) is 40.8 Å². The summed E-state index contributed by atoms with van der Waals surface area (Å²) < 4.78 is 5.02. The monoisotopic (exact) mass is 440 g/mol. The standard InChI is InChI=1S/C22H20N2O4S2/c1-29-11-9-18(23)22(27)28-21(26)16-8-7-15(19(25)20-24-10-12-30-20)13-17(16)14-5-3-2-4-6-14/h2-8,10,12-13,18H,9,11,23H2,1H3/t18-/m0/s1. The summed E-state index contributed by atoms with van der Waals surface area (Å²) in [4.78, 5) is 41.7. The summed E-state index contributed by atoms with van der Waals surface area (Å²) >= 11 is 2.80. The van der Waals surface area contributed by atoms with Gasteiger partial charge < -0.3 is 10.5 Å². The molecule has 0 saturated carbocycles. The van der Waals surface area contributed by atoms with Gasteiger partial charge in [0.2, 0.25) is 5.78 Å². The van der Waals surface area contributed by atoms with Gasteiger partial charge in [0.1, 0.15) is 6.04 Å². The van der Waals surface area contributed by atoms with Crippen LogP contribution < -0.4 is 5.73 Å². The van der Waals surface area contributed by atoms with Crippen LogP contribution in [0.2, 0.25) is 0 Å². The fraction of sp³-hybridized carbons (Fsp3) is 0.182. The number of aromatic nitrogens is 1. The first-order valence-corrected chi connectivity index (χ1v) is 11.4. The van der Waals surface area contributed by atoms with E-state index in [1.54, 1.807) is 29.4 Å². The van der Waals surface area contributed by atoms with E-state index in [0.29, 0.717) is 28.3 Å². The van der Waals surface area contributed by atoms with Crippen molar-refractivity contribution in [3.63, 3.8) is 0 Å². The van der Waals surface area contributed by atoms with Crippen LogP contribution in [0.1, 0.15) is 32.1 Å². The van der Waals surface area contributed by atoms with Crippen molar-refractivity contribution in [2.75, 3.05) is 12.0 Å². The van der Waals surface area contributed by atoms with Crippen molar-refractivity contribution >= 4 is 40.8 Å². The van der Waals surface area contributed by atoms with Gasteiger partial charge in [0.05, 0.1) is 5.56 Å². The number of nitrogens with zero attached hydrogens (tertiary/aromatic N) is 1. The highest BCUT2D eigenvalue weighted by Crippen LogP contribution is 2.27. The van der Waals surface area contributed by atoms with Gasteiger partial charge in [-0.3, -0.25) is 4.79 Å². The molecule has 0 radical (unpaired) electrons. The van der Waals surface area contributed by atoms with Gasteiger partial charge in [-0.2, -0.15) is 11.8 Å². The van der Waals surface area contributed by atoms with Gasteiger partial charge in [-0.05, 0) is 41.7 Å². The Labute approximate surface area is 182 Å². The van der Waals surface area contributed by atoms with Gasteiger partial charge in [-0.1, -0.05) is 36.4 Å². The van der Waals surface area contributed by atoms with Crippen molar-refractivity contribution in [1.82, 2.24) is 4.98 Å². The van der Waals surface area contributed by atoms with Gasteiger partial charge in [-0.25, -0.2) is 14.6 Å². The smallest absolute Gasteiger partial charge is 0.346 e. The van der Waals surface area contributed by atoms with Crippen LogP contribution in [0.15, 0.2) is 60.1 Å². The van der Waals surface area contributed by atoms with Gasteiger partial charge in [-0.15, -0.1) is 11.3 Å². The molecule has 0 saturated heterocycles. The highest BCUT2D eigenvalue weighted by Gasteiger charge is 2.23. The Kier molecular flexibility index (Phi) is 7.51. The fourth-order valence-corrected chi connectivity index (χ4v) is 3.85. The maximum absolute atomic E-state index is 12.7. The summed E-state index contributed by atoms with van der Waals surface area (Å²) in [6.45, 7) is 0. The number of nitrogens with two attached hydrogens (primary N) is 1. The second-order valence-corrected chi connectivity index (χ2v) is 8.27. The second kappa shape index (κ2) is 10.3. The number of hydrogen-bond donors (Lipinski definition) is 1. The topological polar surface area (TPSA) is 99.4 Å². The van der Waals surface area contributed by atoms with E-state index in [-0.39, 0.29) is 11.3 Å². The van der Waals surface area contributed by atoms with E-state index >= 15 is 0 Å². The SMILES string of the molecule is CSCC[C@H](N)C(=O)OC(=O)c1ccc(C(=O)c2nccs2)cc1-c1ccccc1. The molecule has 0 fully saturated rings. The number of esters is 2. The van der Waals surface area contributed by atoms with Crippen molar-refractivity contribution in [3.8, 4) is 11.1 Å². The number of hydrogen-bond acceptors (Lipinski definition) is 8. The molecule has 0 bridgehead atoms. The molecule has 8 heteroatoms. The maximum Gasteiger partial charge on any atom is 0.346 e. The second-order valence-electron chi connectivity index (χ2n) is 6.39. The van der Waals surface area contributed by atoms with Crippen LogP contribution in [0.25, 0.3) is 11.1 Å². The first-order chi connectivity index (χ1) is 14.5. The molecule has 1 heterocycles. The van der Waals surface area contributed by atoms with Crippen molar-refractivity contribution in [3.05, 3.63) is 76.2 Å². The van der Waals surface area contributed by atoms with Crippen LogP contribution in [0, 0.1) is 0 Å². The molecule has 0 aliphatic carbocycles. The van der Waals surface area contributed by atoms with Crippen molar-refractivity contribution in [2.45, 2.75) is 12.5 Å². The molecule has 0 unspecified atom stereocenters. The first kappa shape index (κ1) is 21.9. The number of ether oxygens (including phenoxy) is 1. The molecule has 0 spiro atoms. The zero-order chi connectivity index (χ0) is 21.5. The van der Waals surface area contributed by atoms with Crippen molar-refractivity contribution in [2.24, 2.45) is 5.73 Å². The summed E-state index contributed by atoms with van der Waals surface area (Å²) in [7, 11) is 0. The van der Waals surface area contributed by atoms with E-state index in [1.165, 1.54) is 23.5 Å². The third-order valence-corrected chi connectivity index (χ3v) is 5.76. The minimum Gasteiger partial charge on any atom is -0.388 e. The van der Waals surface area contributed by atoms with E-state index in [4.69, 9.17) is 10.5 Å². The highest BCUT2D eigenvalue weighted by atomic mass is 32.2. The molecule has 1 aromatic heterocycles. The molecule has 2 aromatic carbocycles. The summed E-state index contributed by atoms with van der Waals surface area (Å²) in [6.07, 6.45) is 3.89. The molecule has 30 heavy (non-hydrogen) atoms. The van der Waals surface area contributed by atoms with Gasteiger partial charge >= 0.3 is 11.9 Å². The molecule has 3 rings (SSSR count). The Morgan fingerprint density at radius 3 is 2.60 bits per heavy atom. The highest BCUT2D eigenvalue weighted by molar-refractivity contribution is 7.98. The number of thiazole rings is 1. The lowest BCUT2D eigenvalue weighted by molar-refractivity contribution is -0.139. The molecule has 6 nitrogen and oxygen atoms in total. The first-order valence-electron chi connectivity index (χ1n) is 9.15. The third kappa shape index (κ3) is 5.21. The molecule has 3 aromatic rings. The number of rotatable bonds is 8. The number of thioether (sulfide) groups is 1. The Bertz CT molecular complexity index is 1040. The molecule has 0 amide bonds. The third-order valence-electron chi connectivity index (χ3n) is 4.34. The Balaban J connectivity index is 1.92. The Hall–Kier alpha value is -2.81. The largest absolute Gasteiger partial charge is 0.388 e. The normalized spacial score (nSPS) is 11.7. The van der Waals surface area contributed by atoms with Gasteiger partial charge in [0, 0.05) is 17.1 Å². The van der Waals surface area contributed by atoms with Crippen molar-refractivity contribution in [1.29, 1.82) is 0 Å². The van der Waals surface area contributed by atoms with Crippen molar-refractivity contribution < 1.29 is 19.1 Å². The average Bonchev–Trinajstić information content (AvgIpc) is 3.32.